The molecule has 6 nitrogen and oxygen atoms in total. The van der Waals surface area contributed by atoms with Crippen LogP contribution in [0.15, 0.2) is 48.5 Å². The van der Waals surface area contributed by atoms with E-state index in [2.05, 4.69) is 0 Å². The molecular weight excluding hydrogens is 368 g/mol. The minimum Gasteiger partial charge on any atom is -0.368 e. The van der Waals surface area contributed by atoms with Crippen molar-refractivity contribution >= 4 is 29.0 Å². The van der Waals surface area contributed by atoms with Gasteiger partial charge in [0, 0.05) is 31.2 Å². The molecule has 2 aliphatic heterocycles. The lowest BCUT2D eigenvalue weighted by atomic mass is 9.99. The number of fused-ring (bicyclic) bond motifs is 1. The topological polar surface area (TPSA) is 66.9 Å². The van der Waals surface area contributed by atoms with Crippen molar-refractivity contribution in [1.29, 1.82) is 0 Å². The van der Waals surface area contributed by atoms with Crippen LogP contribution < -0.4 is 9.80 Å². The standard InChI is InChI=1S/C23H24N2O4/c1-15-14-24(23(28)21-9-6-12-29-21)20-13-18(10-11-19(20)25(15)16(2)26)22(27)17-7-4-3-5-8-17/h3-5,7-8,10-11,13,15,21H,6,9,12,14H2,1-2H3/t15-,21?/m0/s1. The van der Waals surface area contributed by atoms with E-state index in [0.29, 0.717) is 42.1 Å². The lowest BCUT2D eigenvalue weighted by Crippen LogP contribution is -2.53. The molecule has 0 aliphatic carbocycles. The van der Waals surface area contributed by atoms with Crippen molar-refractivity contribution in [3.05, 3.63) is 59.7 Å². The van der Waals surface area contributed by atoms with Gasteiger partial charge in [0.1, 0.15) is 6.10 Å². The first kappa shape index (κ1) is 19.3. The molecule has 0 aromatic heterocycles. The van der Waals surface area contributed by atoms with Crippen molar-refractivity contribution in [2.45, 2.75) is 38.8 Å². The van der Waals surface area contributed by atoms with E-state index in [-0.39, 0.29) is 23.6 Å². The van der Waals surface area contributed by atoms with Crippen molar-refractivity contribution in [1.82, 2.24) is 0 Å². The van der Waals surface area contributed by atoms with Gasteiger partial charge in [-0.15, -0.1) is 0 Å². The first-order valence-corrected chi connectivity index (χ1v) is 9.94. The van der Waals surface area contributed by atoms with Gasteiger partial charge in [0.25, 0.3) is 5.91 Å². The number of hydrogen-bond donors (Lipinski definition) is 0. The van der Waals surface area contributed by atoms with Crippen LogP contribution in [0.25, 0.3) is 0 Å². The highest BCUT2D eigenvalue weighted by atomic mass is 16.5. The van der Waals surface area contributed by atoms with Crippen LogP contribution in [-0.4, -0.2) is 42.9 Å². The molecule has 6 heteroatoms. The minimum atomic E-state index is -0.465. The summed E-state index contributed by atoms with van der Waals surface area (Å²) in [4.78, 5) is 41.7. The number of anilines is 2. The van der Waals surface area contributed by atoms with E-state index in [1.807, 2.05) is 25.1 Å². The van der Waals surface area contributed by atoms with Crippen molar-refractivity contribution < 1.29 is 19.1 Å². The molecule has 0 spiro atoms. The van der Waals surface area contributed by atoms with Gasteiger partial charge in [-0.1, -0.05) is 30.3 Å². The van der Waals surface area contributed by atoms with Crippen molar-refractivity contribution in [3.63, 3.8) is 0 Å². The summed E-state index contributed by atoms with van der Waals surface area (Å²) in [6, 6.07) is 14.1. The molecule has 1 unspecified atom stereocenters. The van der Waals surface area contributed by atoms with Crippen LogP contribution in [-0.2, 0) is 14.3 Å². The minimum absolute atomic E-state index is 0.0925. The fourth-order valence-electron chi connectivity index (χ4n) is 4.16. The molecule has 0 N–H and O–H groups in total. The predicted octanol–water partition coefficient (Wildman–Crippen LogP) is 3.18. The van der Waals surface area contributed by atoms with Crippen molar-refractivity contribution in [2.24, 2.45) is 0 Å². The second-order valence-corrected chi connectivity index (χ2v) is 7.59. The molecule has 0 radical (unpaired) electrons. The second kappa shape index (κ2) is 7.79. The third-order valence-electron chi connectivity index (χ3n) is 5.52. The van der Waals surface area contributed by atoms with Crippen LogP contribution >= 0.6 is 0 Å². The first-order valence-electron chi connectivity index (χ1n) is 9.94. The number of carbonyl (C=O) groups excluding carboxylic acids is 3. The van der Waals surface area contributed by atoms with E-state index in [1.54, 1.807) is 40.1 Å². The number of ketones is 1. The van der Waals surface area contributed by atoms with Crippen LogP contribution in [0.4, 0.5) is 11.4 Å². The highest BCUT2D eigenvalue weighted by Crippen LogP contribution is 2.38. The zero-order valence-corrected chi connectivity index (χ0v) is 16.6. The summed E-state index contributed by atoms with van der Waals surface area (Å²) in [5.41, 5.74) is 2.29. The number of benzene rings is 2. The largest absolute Gasteiger partial charge is 0.368 e. The molecule has 0 bridgehead atoms. The number of carbonyl (C=O) groups is 3. The normalized spacial score (nSPS) is 21.0. The van der Waals surface area contributed by atoms with Crippen LogP contribution in [0.5, 0.6) is 0 Å². The van der Waals surface area contributed by atoms with Gasteiger partial charge < -0.3 is 14.5 Å². The average Bonchev–Trinajstić information content (AvgIpc) is 3.27. The molecular formula is C23H24N2O4. The van der Waals surface area contributed by atoms with E-state index >= 15 is 0 Å². The Balaban J connectivity index is 1.77. The van der Waals surface area contributed by atoms with Crippen LogP contribution in [0.2, 0.25) is 0 Å². The molecule has 1 saturated heterocycles. The van der Waals surface area contributed by atoms with Gasteiger partial charge in [0.05, 0.1) is 17.4 Å². The first-order chi connectivity index (χ1) is 14.0. The molecule has 150 valence electrons. The van der Waals surface area contributed by atoms with Gasteiger partial charge in [-0.3, -0.25) is 14.4 Å². The lowest BCUT2D eigenvalue weighted by molar-refractivity contribution is -0.127. The number of ether oxygens (including phenoxy) is 1. The predicted molar refractivity (Wildman–Crippen MR) is 110 cm³/mol. The quantitative estimate of drug-likeness (QED) is 0.753. The molecule has 2 heterocycles. The highest BCUT2D eigenvalue weighted by molar-refractivity contribution is 6.12. The maximum Gasteiger partial charge on any atom is 0.256 e. The Morgan fingerprint density at radius 3 is 2.41 bits per heavy atom. The van der Waals surface area contributed by atoms with Gasteiger partial charge in [0.15, 0.2) is 5.78 Å². The highest BCUT2D eigenvalue weighted by Gasteiger charge is 2.37. The molecule has 1 fully saturated rings. The summed E-state index contributed by atoms with van der Waals surface area (Å²) in [7, 11) is 0. The zero-order valence-electron chi connectivity index (χ0n) is 16.6. The van der Waals surface area contributed by atoms with Gasteiger partial charge >= 0.3 is 0 Å². The Hall–Kier alpha value is -2.99. The number of hydrogen-bond acceptors (Lipinski definition) is 4. The Bertz CT molecular complexity index is 951. The third-order valence-corrected chi connectivity index (χ3v) is 5.52. The van der Waals surface area contributed by atoms with Crippen LogP contribution in [0.1, 0.15) is 42.6 Å². The fraction of sp³-hybridized carbons (Fsp3) is 0.348. The lowest BCUT2D eigenvalue weighted by Gasteiger charge is -2.41. The summed E-state index contributed by atoms with van der Waals surface area (Å²) in [5.74, 6) is -0.320. The van der Waals surface area contributed by atoms with Gasteiger partial charge in [-0.2, -0.15) is 0 Å². The summed E-state index contributed by atoms with van der Waals surface area (Å²) >= 11 is 0. The third kappa shape index (κ3) is 3.56. The smallest absolute Gasteiger partial charge is 0.256 e. The molecule has 29 heavy (non-hydrogen) atoms. The summed E-state index contributed by atoms with van der Waals surface area (Å²) in [5, 5.41) is 0. The van der Waals surface area contributed by atoms with E-state index in [0.717, 1.165) is 6.42 Å². The molecule has 2 aromatic carbocycles. The summed E-state index contributed by atoms with van der Waals surface area (Å²) < 4.78 is 5.60. The maximum absolute atomic E-state index is 13.1. The monoisotopic (exact) mass is 392 g/mol. The van der Waals surface area contributed by atoms with Crippen molar-refractivity contribution in [3.8, 4) is 0 Å². The second-order valence-electron chi connectivity index (χ2n) is 7.59. The van der Waals surface area contributed by atoms with Gasteiger partial charge in [0.2, 0.25) is 5.91 Å². The van der Waals surface area contributed by atoms with Gasteiger partial charge in [-0.05, 0) is 38.0 Å². The maximum atomic E-state index is 13.1. The number of rotatable bonds is 3. The molecule has 2 atom stereocenters. The number of amides is 2. The summed E-state index contributed by atoms with van der Waals surface area (Å²) in [6.45, 7) is 4.39. The Morgan fingerprint density at radius 2 is 1.76 bits per heavy atom. The van der Waals surface area contributed by atoms with Crippen LogP contribution in [0, 0.1) is 0 Å². The molecule has 0 saturated carbocycles. The van der Waals surface area contributed by atoms with Crippen molar-refractivity contribution in [2.75, 3.05) is 23.0 Å². The number of nitrogens with zero attached hydrogens (tertiary/aromatic N) is 2. The molecule has 2 aliphatic rings. The Labute approximate surface area is 170 Å². The Morgan fingerprint density at radius 1 is 1.00 bits per heavy atom. The average molecular weight is 392 g/mol. The Kier molecular flexibility index (Phi) is 5.20. The zero-order chi connectivity index (χ0) is 20.5. The van der Waals surface area contributed by atoms with E-state index in [4.69, 9.17) is 4.74 Å². The summed E-state index contributed by atoms with van der Waals surface area (Å²) in [6.07, 6.45) is 1.09. The SMILES string of the molecule is CC(=O)N1c2ccc(C(=O)c3ccccc3)cc2N(C(=O)C2CCCO2)C[C@@H]1C. The van der Waals surface area contributed by atoms with Crippen LogP contribution in [0.3, 0.4) is 0 Å². The van der Waals surface area contributed by atoms with Gasteiger partial charge in [-0.25, -0.2) is 0 Å². The van der Waals surface area contributed by atoms with E-state index in [9.17, 15) is 14.4 Å². The van der Waals surface area contributed by atoms with E-state index in [1.165, 1.54) is 6.92 Å². The molecule has 2 amide bonds. The fourth-order valence-corrected chi connectivity index (χ4v) is 4.16. The van der Waals surface area contributed by atoms with E-state index < -0.39 is 6.10 Å². The molecule has 2 aromatic rings. The molecule has 4 rings (SSSR count).